The summed E-state index contributed by atoms with van der Waals surface area (Å²) in [7, 11) is 1.75. The number of nitrogens with two attached hydrogens (primary N) is 1. The summed E-state index contributed by atoms with van der Waals surface area (Å²) in [4.78, 5) is 15.6. The van der Waals surface area contributed by atoms with Crippen molar-refractivity contribution in [1.82, 2.24) is 14.8 Å². The van der Waals surface area contributed by atoms with E-state index in [2.05, 4.69) is 10.1 Å². The van der Waals surface area contributed by atoms with Gasteiger partial charge in [0.1, 0.15) is 6.33 Å². The molecule has 1 heterocycles. The Balaban J connectivity index is 1.76. The van der Waals surface area contributed by atoms with Gasteiger partial charge in [-0.15, -0.1) is 0 Å². The predicted octanol–water partition coefficient (Wildman–Crippen LogP) is 1.07. The molecule has 2 N–H and O–H groups in total. The number of hydrogen-bond donors (Lipinski definition) is 1. The average molecular weight is 260 g/mol. The van der Waals surface area contributed by atoms with Crippen molar-refractivity contribution in [2.75, 3.05) is 5.73 Å². The van der Waals surface area contributed by atoms with E-state index in [0.717, 1.165) is 5.56 Å². The van der Waals surface area contributed by atoms with Gasteiger partial charge in [-0.2, -0.15) is 5.10 Å². The van der Waals surface area contributed by atoms with Crippen LogP contribution < -0.4 is 5.73 Å². The Kier molecular flexibility index (Phi) is 4.12. The number of benzene rings is 1. The molecule has 2 aromatic rings. The average Bonchev–Trinajstić information content (AvgIpc) is 2.81. The van der Waals surface area contributed by atoms with Gasteiger partial charge in [-0.25, -0.2) is 4.98 Å². The molecular weight excluding hydrogens is 244 g/mol. The number of aromatic nitrogens is 3. The lowest BCUT2D eigenvalue weighted by molar-refractivity contribution is -0.145. The van der Waals surface area contributed by atoms with Crippen molar-refractivity contribution in [2.24, 2.45) is 7.05 Å². The van der Waals surface area contributed by atoms with Crippen LogP contribution in [0.3, 0.4) is 0 Å². The fourth-order valence-corrected chi connectivity index (χ4v) is 1.60. The van der Waals surface area contributed by atoms with Gasteiger partial charge < -0.3 is 10.5 Å². The quantitative estimate of drug-likeness (QED) is 0.642. The monoisotopic (exact) mass is 260 g/mol. The van der Waals surface area contributed by atoms with E-state index in [-0.39, 0.29) is 12.6 Å². The molecule has 19 heavy (non-hydrogen) atoms. The number of carbonyl (C=O) groups excluding carboxylic acids is 1. The molecule has 0 atom stereocenters. The summed E-state index contributed by atoms with van der Waals surface area (Å²) in [5, 5.41) is 3.90. The molecule has 6 nitrogen and oxygen atoms in total. The van der Waals surface area contributed by atoms with Gasteiger partial charge in [-0.1, -0.05) is 12.1 Å². The van der Waals surface area contributed by atoms with Crippen molar-refractivity contribution in [2.45, 2.75) is 19.4 Å². The highest BCUT2D eigenvalue weighted by Gasteiger charge is 2.07. The van der Waals surface area contributed by atoms with E-state index < -0.39 is 0 Å². The van der Waals surface area contributed by atoms with Crippen LogP contribution in [0.2, 0.25) is 0 Å². The van der Waals surface area contributed by atoms with Gasteiger partial charge in [0.2, 0.25) is 0 Å². The third kappa shape index (κ3) is 3.80. The van der Waals surface area contributed by atoms with Crippen LogP contribution in [0.25, 0.3) is 0 Å². The molecule has 0 fully saturated rings. The third-order valence-corrected chi connectivity index (χ3v) is 2.76. The van der Waals surface area contributed by atoms with E-state index in [4.69, 9.17) is 10.5 Å². The summed E-state index contributed by atoms with van der Waals surface area (Å²) in [6, 6.07) is 7.46. The van der Waals surface area contributed by atoms with E-state index in [1.807, 2.05) is 24.3 Å². The topological polar surface area (TPSA) is 83.0 Å². The van der Waals surface area contributed by atoms with E-state index >= 15 is 0 Å². The van der Waals surface area contributed by atoms with Crippen molar-refractivity contribution in [1.29, 1.82) is 0 Å². The normalized spacial score (nSPS) is 10.4. The second-order valence-electron chi connectivity index (χ2n) is 4.20. The Hall–Kier alpha value is -2.37. The molecule has 0 saturated heterocycles. The number of ether oxygens (including phenoxy) is 1. The Labute approximate surface area is 111 Å². The Morgan fingerprint density at radius 3 is 2.74 bits per heavy atom. The van der Waals surface area contributed by atoms with Gasteiger partial charge in [-0.05, 0) is 24.1 Å². The number of carbonyl (C=O) groups is 1. The molecule has 0 aliphatic heterocycles. The van der Waals surface area contributed by atoms with Crippen molar-refractivity contribution in [3.8, 4) is 0 Å². The third-order valence-electron chi connectivity index (χ3n) is 2.76. The van der Waals surface area contributed by atoms with Crippen molar-refractivity contribution in [3.63, 3.8) is 0 Å². The smallest absolute Gasteiger partial charge is 0.306 e. The van der Waals surface area contributed by atoms with E-state index in [0.29, 0.717) is 24.4 Å². The molecule has 0 unspecified atom stereocenters. The van der Waals surface area contributed by atoms with Crippen LogP contribution in [-0.4, -0.2) is 20.7 Å². The minimum Gasteiger partial charge on any atom is -0.457 e. The van der Waals surface area contributed by atoms with E-state index in [9.17, 15) is 4.79 Å². The number of nitrogens with zero attached hydrogens (tertiary/aromatic N) is 3. The summed E-state index contributed by atoms with van der Waals surface area (Å²) >= 11 is 0. The number of esters is 1. The van der Waals surface area contributed by atoms with Crippen LogP contribution in [0.15, 0.2) is 30.6 Å². The summed E-state index contributed by atoms with van der Waals surface area (Å²) in [6.07, 6.45) is 2.40. The van der Waals surface area contributed by atoms with Crippen LogP contribution in [0.1, 0.15) is 17.8 Å². The number of aryl methyl sites for hydroxylation is 2. The molecule has 0 bridgehead atoms. The largest absolute Gasteiger partial charge is 0.457 e. The first kappa shape index (κ1) is 13.1. The Bertz CT molecular complexity index is 548. The summed E-state index contributed by atoms with van der Waals surface area (Å²) in [6.45, 7) is 0.150. The fourth-order valence-electron chi connectivity index (χ4n) is 1.60. The van der Waals surface area contributed by atoms with Gasteiger partial charge in [-0.3, -0.25) is 9.48 Å². The lowest BCUT2D eigenvalue weighted by Crippen LogP contribution is -2.09. The van der Waals surface area contributed by atoms with Crippen LogP contribution in [0.5, 0.6) is 0 Å². The molecule has 2 rings (SSSR count). The van der Waals surface area contributed by atoms with Crippen LogP contribution >= 0.6 is 0 Å². The first-order valence-electron chi connectivity index (χ1n) is 5.98. The maximum absolute atomic E-state index is 11.6. The zero-order valence-electron chi connectivity index (χ0n) is 10.7. The summed E-state index contributed by atoms with van der Waals surface area (Å²) in [5.41, 5.74) is 7.37. The Morgan fingerprint density at radius 2 is 2.11 bits per heavy atom. The molecule has 6 heteroatoms. The van der Waals surface area contributed by atoms with E-state index in [1.165, 1.54) is 6.33 Å². The standard InChI is InChI=1S/C13H16N4O2/c1-17-12(15-9-16-17)8-19-13(18)7-4-10-2-5-11(14)6-3-10/h2-3,5-6,9H,4,7-8,14H2,1H3. The van der Waals surface area contributed by atoms with Crippen molar-refractivity contribution in [3.05, 3.63) is 42.0 Å². The zero-order chi connectivity index (χ0) is 13.7. The minimum absolute atomic E-state index is 0.150. The second-order valence-corrected chi connectivity index (χ2v) is 4.20. The number of nitrogen functional groups attached to an aromatic ring is 1. The molecular formula is C13H16N4O2. The maximum atomic E-state index is 11.6. The zero-order valence-corrected chi connectivity index (χ0v) is 10.7. The molecule has 0 amide bonds. The lowest BCUT2D eigenvalue weighted by atomic mass is 10.1. The maximum Gasteiger partial charge on any atom is 0.306 e. The molecule has 0 radical (unpaired) electrons. The highest BCUT2D eigenvalue weighted by atomic mass is 16.5. The molecule has 0 saturated carbocycles. The predicted molar refractivity (Wildman–Crippen MR) is 70.0 cm³/mol. The first-order chi connectivity index (χ1) is 9.15. The minimum atomic E-state index is -0.250. The van der Waals surface area contributed by atoms with Crippen LogP contribution in [0.4, 0.5) is 5.69 Å². The molecule has 100 valence electrons. The molecule has 1 aromatic heterocycles. The van der Waals surface area contributed by atoms with Gasteiger partial charge in [0.25, 0.3) is 0 Å². The summed E-state index contributed by atoms with van der Waals surface area (Å²) in [5.74, 6) is 0.376. The number of anilines is 1. The van der Waals surface area contributed by atoms with Gasteiger partial charge in [0.05, 0.1) is 0 Å². The van der Waals surface area contributed by atoms with Gasteiger partial charge >= 0.3 is 5.97 Å². The van der Waals surface area contributed by atoms with Gasteiger partial charge in [0, 0.05) is 19.2 Å². The Morgan fingerprint density at radius 1 is 1.37 bits per heavy atom. The highest BCUT2D eigenvalue weighted by molar-refractivity contribution is 5.69. The molecule has 0 aliphatic carbocycles. The number of rotatable bonds is 5. The molecule has 0 spiro atoms. The van der Waals surface area contributed by atoms with E-state index in [1.54, 1.807) is 11.7 Å². The first-order valence-corrected chi connectivity index (χ1v) is 5.98. The van der Waals surface area contributed by atoms with Crippen molar-refractivity contribution >= 4 is 11.7 Å². The fraction of sp³-hybridized carbons (Fsp3) is 0.308. The molecule has 1 aromatic carbocycles. The lowest BCUT2D eigenvalue weighted by Gasteiger charge is -2.04. The van der Waals surface area contributed by atoms with Crippen LogP contribution in [-0.2, 0) is 29.6 Å². The SMILES string of the molecule is Cn1ncnc1COC(=O)CCc1ccc(N)cc1. The number of hydrogen-bond acceptors (Lipinski definition) is 5. The van der Waals surface area contributed by atoms with Gasteiger partial charge in [0.15, 0.2) is 12.4 Å². The summed E-state index contributed by atoms with van der Waals surface area (Å²) < 4.78 is 6.70. The molecule has 0 aliphatic rings. The second kappa shape index (κ2) is 5.99. The van der Waals surface area contributed by atoms with Crippen molar-refractivity contribution < 1.29 is 9.53 Å². The highest BCUT2D eigenvalue weighted by Crippen LogP contribution is 2.08. The van der Waals surface area contributed by atoms with Crippen LogP contribution in [0, 0.1) is 0 Å².